The lowest BCUT2D eigenvalue weighted by molar-refractivity contribution is -0.122. The van der Waals surface area contributed by atoms with Gasteiger partial charge >= 0.3 is 6.09 Å². The number of carbonyl (C=O) groups is 2. The summed E-state index contributed by atoms with van der Waals surface area (Å²) in [5.74, 6) is 0.373. The molecule has 0 spiro atoms. The molecule has 0 unspecified atom stereocenters. The Hall–Kier alpha value is -1.75. The predicted molar refractivity (Wildman–Crippen MR) is 94.3 cm³/mol. The Bertz CT molecular complexity index is 540. The fourth-order valence-electron chi connectivity index (χ4n) is 2.74. The van der Waals surface area contributed by atoms with Crippen molar-refractivity contribution in [1.29, 1.82) is 0 Å². The van der Waals surface area contributed by atoms with Crippen molar-refractivity contribution in [3.05, 3.63) is 35.4 Å². The van der Waals surface area contributed by atoms with Gasteiger partial charge in [-0.2, -0.15) is 0 Å². The van der Waals surface area contributed by atoms with Crippen molar-refractivity contribution < 1.29 is 14.3 Å². The van der Waals surface area contributed by atoms with Crippen molar-refractivity contribution in [2.24, 2.45) is 0 Å². The Balaban J connectivity index is 1.66. The molecule has 1 heterocycles. The largest absolute Gasteiger partial charge is 0.448 e. The van der Waals surface area contributed by atoms with Crippen LogP contribution in [0.2, 0.25) is 0 Å². The van der Waals surface area contributed by atoms with Gasteiger partial charge in [0, 0.05) is 25.6 Å². The molecule has 0 radical (unpaired) electrons. The lowest BCUT2D eigenvalue weighted by Gasteiger charge is -2.31. The Morgan fingerprint density at radius 2 is 1.92 bits per heavy atom. The third-order valence-corrected chi connectivity index (χ3v) is 4.34. The highest BCUT2D eigenvalue weighted by Gasteiger charge is 2.24. The number of rotatable bonds is 6. The van der Waals surface area contributed by atoms with E-state index in [1.807, 2.05) is 6.92 Å². The molecule has 0 saturated carbocycles. The number of nitrogens with one attached hydrogen (secondary N) is 1. The molecule has 24 heavy (non-hydrogen) atoms. The first-order chi connectivity index (χ1) is 11.6. The maximum atomic E-state index is 12.1. The predicted octanol–water partition coefficient (Wildman–Crippen LogP) is 2.88. The molecule has 1 saturated heterocycles. The zero-order valence-electron chi connectivity index (χ0n) is 14.1. The summed E-state index contributed by atoms with van der Waals surface area (Å²) in [6.45, 7) is 3.48. The molecule has 1 fully saturated rings. The third-order valence-electron chi connectivity index (χ3n) is 4.18. The SMILES string of the molecule is Cc1ccc(CCC(=O)NC2CCN(C(=O)OCCCl)CC2)cc1. The molecule has 5 nitrogen and oxygen atoms in total. The molecule has 132 valence electrons. The van der Waals surface area contributed by atoms with Gasteiger partial charge in [-0.3, -0.25) is 4.79 Å². The minimum Gasteiger partial charge on any atom is -0.448 e. The van der Waals surface area contributed by atoms with Crippen LogP contribution in [0, 0.1) is 6.92 Å². The van der Waals surface area contributed by atoms with Crippen LogP contribution in [0.4, 0.5) is 4.79 Å². The molecule has 1 aliphatic heterocycles. The Kier molecular flexibility index (Phi) is 7.37. The van der Waals surface area contributed by atoms with E-state index in [1.54, 1.807) is 4.90 Å². The summed E-state index contributed by atoms with van der Waals surface area (Å²) >= 11 is 5.50. The van der Waals surface area contributed by atoms with E-state index in [1.165, 1.54) is 11.1 Å². The second-order valence-corrected chi connectivity index (χ2v) is 6.50. The van der Waals surface area contributed by atoms with Crippen LogP contribution >= 0.6 is 11.6 Å². The van der Waals surface area contributed by atoms with E-state index in [4.69, 9.17) is 16.3 Å². The highest BCUT2D eigenvalue weighted by molar-refractivity contribution is 6.18. The van der Waals surface area contributed by atoms with Crippen molar-refractivity contribution in [2.45, 2.75) is 38.6 Å². The van der Waals surface area contributed by atoms with Crippen molar-refractivity contribution in [2.75, 3.05) is 25.6 Å². The highest BCUT2D eigenvalue weighted by Crippen LogP contribution is 2.12. The van der Waals surface area contributed by atoms with Crippen molar-refractivity contribution in [3.63, 3.8) is 0 Å². The number of alkyl halides is 1. The molecule has 1 aromatic rings. The summed E-state index contributed by atoms with van der Waals surface area (Å²) in [6.07, 6.45) is 2.43. The van der Waals surface area contributed by atoms with E-state index in [-0.39, 0.29) is 24.6 Å². The summed E-state index contributed by atoms with van der Waals surface area (Å²) in [5, 5.41) is 3.06. The molecule has 2 rings (SSSR count). The van der Waals surface area contributed by atoms with E-state index in [0.717, 1.165) is 19.3 Å². The smallest absolute Gasteiger partial charge is 0.409 e. The van der Waals surface area contributed by atoms with Crippen LogP contribution in [-0.2, 0) is 16.0 Å². The van der Waals surface area contributed by atoms with E-state index >= 15 is 0 Å². The third kappa shape index (κ3) is 6.04. The number of ether oxygens (including phenoxy) is 1. The number of carbonyl (C=O) groups excluding carboxylic acids is 2. The molecular formula is C18H25ClN2O3. The number of hydrogen-bond donors (Lipinski definition) is 1. The average molecular weight is 353 g/mol. The van der Waals surface area contributed by atoms with Gasteiger partial charge in [0.1, 0.15) is 6.61 Å². The van der Waals surface area contributed by atoms with Gasteiger partial charge < -0.3 is 15.0 Å². The lowest BCUT2D eigenvalue weighted by atomic mass is 10.0. The minimum absolute atomic E-state index is 0.0683. The molecule has 0 aliphatic carbocycles. The number of nitrogens with zero attached hydrogens (tertiary/aromatic N) is 1. The van der Waals surface area contributed by atoms with Crippen LogP contribution in [0.3, 0.4) is 0 Å². The van der Waals surface area contributed by atoms with Crippen LogP contribution in [0.5, 0.6) is 0 Å². The summed E-state index contributed by atoms with van der Waals surface area (Å²) in [5.41, 5.74) is 2.40. The van der Waals surface area contributed by atoms with Crippen LogP contribution in [-0.4, -0.2) is 48.5 Å². The first kappa shape index (κ1) is 18.6. The lowest BCUT2D eigenvalue weighted by Crippen LogP contribution is -2.46. The molecular weight excluding hydrogens is 328 g/mol. The second kappa shape index (κ2) is 9.52. The van der Waals surface area contributed by atoms with Gasteiger partial charge in [0.05, 0.1) is 5.88 Å². The first-order valence-electron chi connectivity index (χ1n) is 8.41. The number of benzene rings is 1. The van der Waals surface area contributed by atoms with Crippen LogP contribution in [0.15, 0.2) is 24.3 Å². The monoisotopic (exact) mass is 352 g/mol. The quantitative estimate of drug-likeness (QED) is 0.801. The van der Waals surface area contributed by atoms with E-state index < -0.39 is 0 Å². The zero-order valence-corrected chi connectivity index (χ0v) is 14.8. The number of aryl methyl sites for hydroxylation is 2. The molecule has 0 bridgehead atoms. The number of halogens is 1. The normalized spacial score (nSPS) is 15.2. The van der Waals surface area contributed by atoms with Gasteiger partial charge in [-0.15, -0.1) is 11.6 Å². The summed E-state index contributed by atoms with van der Waals surface area (Å²) in [4.78, 5) is 25.5. The molecule has 6 heteroatoms. The van der Waals surface area contributed by atoms with E-state index in [9.17, 15) is 9.59 Å². The molecule has 2 amide bonds. The van der Waals surface area contributed by atoms with Gasteiger partial charge in [0.2, 0.25) is 5.91 Å². The number of hydrogen-bond acceptors (Lipinski definition) is 3. The Morgan fingerprint density at radius 1 is 1.25 bits per heavy atom. The van der Waals surface area contributed by atoms with Crippen LogP contribution in [0.25, 0.3) is 0 Å². The van der Waals surface area contributed by atoms with Gasteiger partial charge in [-0.05, 0) is 31.7 Å². The summed E-state index contributed by atoms with van der Waals surface area (Å²) in [6, 6.07) is 8.38. The Morgan fingerprint density at radius 3 is 2.54 bits per heavy atom. The number of amides is 2. The first-order valence-corrected chi connectivity index (χ1v) is 8.94. The van der Waals surface area contributed by atoms with Crippen molar-refractivity contribution in [1.82, 2.24) is 10.2 Å². The summed E-state index contributed by atoms with van der Waals surface area (Å²) in [7, 11) is 0. The van der Waals surface area contributed by atoms with E-state index in [0.29, 0.717) is 25.4 Å². The van der Waals surface area contributed by atoms with Gasteiger partial charge in [0.15, 0.2) is 0 Å². The van der Waals surface area contributed by atoms with Gasteiger partial charge in [-0.25, -0.2) is 4.79 Å². The Labute approximate surface area is 148 Å². The number of likely N-dealkylation sites (tertiary alicyclic amines) is 1. The fraction of sp³-hybridized carbons (Fsp3) is 0.556. The zero-order chi connectivity index (χ0) is 17.4. The standard InChI is InChI=1S/C18H25ClN2O3/c1-14-2-4-15(5-3-14)6-7-17(22)20-16-8-11-21(12-9-16)18(23)24-13-10-19/h2-5,16H,6-13H2,1H3,(H,20,22). The van der Waals surface area contributed by atoms with Gasteiger partial charge in [0.25, 0.3) is 0 Å². The highest BCUT2D eigenvalue weighted by atomic mass is 35.5. The topological polar surface area (TPSA) is 58.6 Å². The maximum absolute atomic E-state index is 12.1. The summed E-state index contributed by atoms with van der Waals surface area (Å²) < 4.78 is 5.01. The number of piperidine rings is 1. The van der Waals surface area contributed by atoms with Crippen LogP contribution < -0.4 is 5.32 Å². The second-order valence-electron chi connectivity index (χ2n) is 6.12. The molecule has 0 aromatic heterocycles. The molecule has 0 atom stereocenters. The average Bonchev–Trinajstić information content (AvgIpc) is 2.60. The molecule has 1 aromatic carbocycles. The maximum Gasteiger partial charge on any atom is 0.409 e. The van der Waals surface area contributed by atoms with Gasteiger partial charge in [-0.1, -0.05) is 29.8 Å². The van der Waals surface area contributed by atoms with Crippen LogP contribution in [0.1, 0.15) is 30.4 Å². The minimum atomic E-state index is -0.320. The van der Waals surface area contributed by atoms with E-state index in [2.05, 4.69) is 29.6 Å². The molecule has 1 N–H and O–H groups in total. The van der Waals surface area contributed by atoms with Crippen molar-refractivity contribution in [3.8, 4) is 0 Å². The van der Waals surface area contributed by atoms with Crippen molar-refractivity contribution >= 4 is 23.6 Å². The fourth-order valence-corrected chi connectivity index (χ4v) is 2.81. The molecule has 1 aliphatic rings.